The summed E-state index contributed by atoms with van der Waals surface area (Å²) in [6.07, 6.45) is 5.64. The lowest BCUT2D eigenvalue weighted by atomic mass is 9.93. The fourth-order valence-electron chi connectivity index (χ4n) is 3.98. The summed E-state index contributed by atoms with van der Waals surface area (Å²) in [4.78, 5) is 5.44. The van der Waals surface area contributed by atoms with E-state index in [-0.39, 0.29) is 0 Å². The topological polar surface area (TPSA) is 32.5 Å². The normalized spacial score (nSPS) is 36.5. The molecule has 18 heavy (non-hydrogen) atoms. The Bertz CT molecular complexity index is 268. The van der Waals surface area contributed by atoms with Gasteiger partial charge in [0.2, 0.25) is 0 Å². The van der Waals surface area contributed by atoms with Gasteiger partial charge in [0, 0.05) is 38.3 Å². The second kappa shape index (κ2) is 6.12. The van der Waals surface area contributed by atoms with Gasteiger partial charge in [-0.05, 0) is 43.2 Å². The number of rotatable bonds is 3. The number of piperazine rings is 1. The van der Waals surface area contributed by atoms with E-state index in [0.717, 1.165) is 18.5 Å². The second-order valence-corrected chi connectivity index (χ2v) is 7.26. The molecule has 3 atom stereocenters. The summed E-state index contributed by atoms with van der Waals surface area (Å²) in [7, 11) is 0. The van der Waals surface area contributed by atoms with Crippen molar-refractivity contribution in [3.05, 3.63) is 0 Å². The van der Waals surface area contributed by atoms with Crippen molar-refractivity contribution in [1.29, 1.82) is 0 Å². The third kappa shape index (κ3) is 2.72. The van der Waals surface area contributed by atoms with Gasteiger partial charge in [-0.15, -0.1) is 0 Å². The summed E-state index contributed by atoms with van der Waals surface area (Å²) in [6, 6.07) is 1.49. The standard InChI is InChI=1S/C14H27N3S/c15-9-14(12-4-8-18-11-12)17-7-6-16-5-2-1-3-13(16)10-17/h12-14H,1-11,15H2. The summed E-state index contributed by atoms with van der Waals surface area (Å²) in [5.74, 6) is 3.55. The molecular weight excluding hydrogens is 242 g/mol. The van der Waals surface area contributed by atoms with Gasteiger partial charge in [0.05, 0.1) is 0 Å². The minimum atomic E-state index is 0.657. The first kappa shape index (κ1) is 13.2. The lowest BCUT2D eigenvalue weighted by Crippen LogP contribution is -2.59. The van der Waals surface area contributed by atoms with Gasteiger partial charge in [0.15, 0.2) is 0 Å². The lowest BCUT2D eigenvalue weighted by molar-refractivity contribution is 0.0174. The Kier molecular flexibility index (Phi) is 4.50. The maximum atomic E-state index is 6.09. The van der Waals surface area contributed by atoms with Crippen LogP contribution in [-0.2, 0) is 0 Å². The number of nitrogens with two attached hydrogens (primary N) is 1. The molecule has 0 saturated carbocycles. The quantitative estimate of drug-likeness (QED) is 0.835. The van der Waals surface area contributed by atoms with Gasteiger partial charge in [-0.2, -0.15) is 11.8 Å². The Balaban J connectivity index is 1.61. The highest BCUT2D eigenvalue weighted by Crippen LogP contribution is 2.30. The van der Waals surface area contributed by atoms with Gasteiger partial charge in [-0.3, -0.25) is 9.80 Å². The second-order valence-electron chi connectivity index (χ2n) is 6.11. The van der Waals surface area contributed by atoms with Crippen molar-refractivity contribution >= 4 is 11.8 Å². The van der Waals surface area contributed by atoms with E-state index in [4.69, 9.17) is 5.73 Å². The number of hydrogen-bond acceptors (Lipinski definition) is 4. The van der Waals surface area contributed by atoms with Crippen molar-refractivity contribution < 1.29 is 0 Å². The first-order valence-corrected chi connectivity index (χ1v) is 8.80. The van der Waals surface area contributed by atoms with Crippen LogP contribution in [0.15, 0.2) is 0 Å². The van der Waals surface area contributed by atoms with Crippen LogP contribution in [0.25, 0.3) is 0 Å². The average molecular weight is 269 g/mol. The Morgan fingerprint density at radius 1 is 1.17 bits per heavy atom. The van der Waals surface area contributed by atoms with E-state index < -0.39 is 0 Å². The van der Waals surface area contributed by atoms with Crippen LogP contribution in [-0.4, -0.2) is 66.1 Å². The molecule has 3 rings (SSSR count). The number of nitrogens with zero attached hydrogens (tertiary/aromatic N) is 2. The minimum Gasteiger partial charge on any atom is -0.329 e. The van der Waals surface area contributed by atoms with Crippen molar-refractivity contribution in [1.82, 2.24) is 9.80 Å². The van der Waals surface area contributed by atoms with E-state index in [1.807, 2.05) is 0 Å². The first-order chi connectivity index (χ1) is 8.88. The minimum absolute atomic E-state index is 0.657. The van der Waals surface area contributed by atoms with Crippen LogP contribution in [0.3, 0.4) is 0 Å². The Labute approximate surface area is 115 Å². The Morgan fingerprint density at radius 3 is 2.89 bits per heavy atom. The van der Waals surface area contributed by atoms with Crippen molar-refractivity contribution in [3.8, 4) is 0 Å². The van der Waals surface area contributed by atoms with Gasteiger partial charge in [-0.1, -0.05) is 6.42 Å². The molecule has 4 heteroatoms. The third-order valence-corrected chi connectivity index (χ3v) is 6.28. The molecule has 0 bridgehead atoms. The van der Waals surface area contributed by atoms with Gasteiger partial charge >= 0.3 is 0 Å². The predicted molar refractivity (Wildman–Crippen MR) is 79.1 cm³/mol. The van der Waals surface area contributed by atoms with E-state index in [2.05, 4.69) is 21.6 Å². The SMILES string of the molecule is NCC(C1CCSC1)N1CCN2CCCCC2C1. The monoisotopic (exact) mass is 269 g/mol. The molecule has 0 amide bonds. The Hall–Kier alpha value is 0.230. The number of hydrogen-bond donors (Lipinski definition) is 1. The highest BCUT2D eigenvalue weighted by atomic mass is 32.2. The van der Waals surface area contributed by atoms with Crippen molar-refractivity contribution in [3.63, 3.8) is 0 Å². The molecule has 104 valence electrons. The van der Waals surface area contributed by atoms with Crippen LogP contribution in [0.4, 0.5) is 0 Å². The molecular formula is C14H27N3S. The number of fused-ring (bicyclic) bond motifs is 1. The summed E-state index contributed by atoms with van der Waals surface area (Å²) in [5, 5.41) is 0. The highest BCUT2D eigenvalue weighted by molar-refractivity contribution is 7.99. The molecule has 0 aliphatic carbocycles. The van der Waals surface area contributed by atoms with Gasteiger partial charge in [0.1, 0.15) is 0 Å². The van der Waals surface area contributed by atoms with Gasteiger partial charge in [0.25, 0.3) is 0 Å². The molecule has 3 fully saturated rings. The van der Waals surface area contributed by atoms with Crippen LogP contribution >= 0.6 is 11.8 Å². The lowest BCUT2D eigenvalue weighted by Gasteiger charge is -2.47. The average Bonchev–Trinajstić information content (AvgIpc) is 2.93. The first-order valence-electron chi connectivity index (χ1n) is 7.64. The van der Waals surface area contributed by atoms with E-state index >= 15 is 0 Å². The zero-order valence-corrected chi connectivity index (χ0v) is 12.2. The van der Waals surface area contributed by atoms with E-state index in [1.165, 1.54) is 63.4 Å². The third-order valence-electron chi connectivity index (χ3n) is 5.09. The smallest absolute Gasteiger partial charge is 0.0255 e. The molecule has 0 spiro atoms. The molecule has 0 radical (unpaired) electrons. The van der Waals surface area contributed by atoms with Crippen molar-refractivity contribution in [2.45, 2.75) is 37.8 Å². The summed E-state index contributed by atoms with van der Waals surface area (Å²) in [6.45, 7) is 6.01. The molecule has 3 saturated heterocycles. The Morgan fingerprint density at radius 2 is 2.11 bits per heavy atom. The van der Waals surface area contributed by atoms with Crippen molar-refractivity contribution in [2.75, 3.05) is 44.2 Å². The number of piperidine rings is 1. The number of thioether (sulfide) groups is 1. The summed E-state index contributed by atoms with van der Waals surface area (Å²) >= 11 is 2.12. The molecule has 3 aliphatic rings. The molecule has 2 N–H and O–H groups in total. The molecule has 0 aromatic heterocycles. The maximum Gasteiger partial charge on any atom is 0.0255 e. The molecule has 3 unspecified atom stereocenters. The van der Waals surface area contributed by atoms with Crippen LogP contribution in [0, 0.1) is 5.92 Å². The van der Waals surface area contributed by atoms with E-state index in [1.54, 1.807) is 0 Å². The molecule has 3 heterocycles. The van der Waals surface area contributed by atoms with Crippen molar-refractivity contribution in [2.24, 2.45) is 11.7 Å². The fourth-order valence-corrected chi connectivity index (χ4v) is 5.30. The van der Waals surface area contributed by atoms with E-state index in [9.17, 15) is 0 Å². The fraction of sp³-hybridized carbons (Fsp3) is 1.00. The zero-order valence-electron chi connectivity index (χ0n) is 11.4. The largest absolute Gasteiger partial charge is 0.329 e. The zero-order chi connectivity index (χ0) is 12.4. The summed E-state index contributed by atoms with van der Waals surface area (Å²) < 4.78 is 0. The van der Waals surface area contributed by atoms with Crippen LogP contribution in [0.5, 0.6) is 0 Å². The summed E-state index contributed by atoms with van der Waals surface area (Å²) in [5.41, 5.74) is 6.09. The van der Waals surface area contributed by atoms with Gasteiger partial charge in [-0.25, -0.2) is 0 Å². The van der Waals surface area contributed by atoms with Gasteiger partial charge < -0.3 is 5.73 Å². The van der Waals surface area contributed by atoms with Crippen LogP contribution < -0.4 is 5.73 Å². The molecule has 0 aromatic rings. The maximum absolute atomic E-state index is 6.09. The molecule has 0 aromatic carbocycles. The van der Waals surface area contributed by atoms with E-state index in [0.29, 0.717) is 6.04 Å². The van der Waals surface area contributed by atoms with Crippen LogP contribution in [0.1, 0.15) is 25.7 Å². The molecule has 3 aliphatic heterocycles. The highest BCUT2D eigenvalue weighted by Gasteiger charge is 2.35. The predicted octanol–water partition coefficient (Wildman–Crippen LogP) is 1.24. The van der Waals surface area contributed by atoms with Crippen LogP contribution in [0.2, 0.25) is 0 Å². The molecule has 3 nitrogen and oxygen atoms in total.